The molecule has 1 fully saturated rings. The van der Waals surface area contributed by atoms with Gasteiger partial charge in [-0.25, -0.2) is 0 Å². The van der Waals surface area contributed by atoms with Crippen molar-refractivity contribution in [3.8, 4) is 5.75 Å². The van der Waals surface area contributed by atoms with E-state index in [-0.39, 0.29) is 11.8 Å². The average Bonchev–Trinajstić information content (AvgIpc) is 2.22. The molecular formula is C14H19NO2. The first-order valence-electron chi connectivity index (χ1n) is 6.31. The highest BCUT2D eigenvalue weighted by Crippen LogP contribution is 2.26. The largest absolute Gasteiger partial charge is 0.508 e. The van der Waals surface area contributed by atoms with Crippen LogP contribution in [-0.4, -0.2) is 17.6 Å². The van der Waals surface area contributed by atoms with Crippen LogP contribution in [0.2, 0.25) is 0 Å². The third-order valence-corrected chi connectivity index (χ3v) is 3.33. The summed E-state index contributed by atoms with van der Waals surface area (Å²) in [5.74, 6) is 0.795. The van der Waals surface area contributed by atoms with Crippen molar-refractivity contribution in [1.29, 1.82) is 0 Å². The number of benzene rings is 1. The molecule has 0 aromatic heterocycles. The number of aromatic hydroxyl groups is 1. The van der Waals surface area contributed by atoms with Gasteiger partial charge in [-0.1, -0.05) is 18.6 Å². The van der Waals surface area contributed by atoms with E-state index < -0.39 is 0 Å². The average molecular weight is 233 g/mol. The Hall–Kier alpha value is -1.51. The molecule has 3 nitrogen and oxygen atoms in total. The summed E-state index contributed by atoms with van der Waals surface area (Å²) in [6.45, 7) is 0.727. The number of hydrogen-bond donors (Lipinski definition) is 2. The fraction of sp³-hybridized carbons (Fsp3) is 0.500. The summed E-state index contributed by atoms with van der Waals surface area (Å²) in [6, 6.07) is 7.28. The zero-order valence-electron chi connectivity index (χ0n) is 9.98. The Morgan fingerprint density at radius 1 is 1.41 bits per heavy atom. The summed E-state index contributed by atoms with van der Waals surface area (Å²) >= 11 is 0. The van der Waals surface area contributed by atoms with E-state index in [1.807, 2.05) is 12.1 Å². The second kappa shape index (κ2) is 5.71. The minimum Gasteiger partial charge on any atom is -0.508 e. The highest BCUT2D eigenvalue weighted by atomic mass is 16.3. The third-order valence-electron chi connectivity index (χ3n) is 3.33. The van der Waals surface area contributed by atoms with E-state index in [0.29, 0.717) is 5.75 Å². The smallest absolute Gasteiger partial charge is 0.223 e. The first-order valence-corrected chi connectivity index (χ1v) is 6.31. The Kier molecular flexibility index (Phi) is 4.02. The molecule has 1 aromatic rings. The molecule has 0 radical (unpaired) electrons. The lowest BCUT2D eigenvalue weighted by Crippen LogP contribution is -2.35. The number of carbonyl (C=O) groups is 1. The molecule has 0 heterocycles. The van der Waals surface area contributed by atoms with Crippen molar-refractivity contribution in [2.75, 3.05) is 6.54 Å². The number of aryl methyl sites for hydroxylation is 1. The standard InChI is InChI=1S/C14H19NO2/c16-13-8-1-4-11(10-13)5-3-9-15-14(17)12-6-2-7-12/h1,4,8,10,12,16H,2-3,5-7,9H2,(H,15,17). The lowest BCUT2D eigenvalue weighted by Gasteiger charge is -2.23. The lowest BCUT2D eigenvalue weighted by atomic mass is 9.85. The van der Waals surface area contributed by atoms with Crippen LogP contribution in [0.3, 0.4) is 0 Å². The molecular weight excluding hydrogens is 214 g/mol. The molecule has 0 spiro atoms. The predicted octanol–water partition coefficient (Wildman–Crippen LogP) is 2.24. The Balaban J connectivity index is 1.64. The molecule has 1 amide bonds. The Morgan fingerprint density at radius 2 is 2.24 bits per heavy atom. The van der Waals surface area contributed by atoms with E-state index in [9.17, 15) is 9.90 Å². The molecule has 17 heavy (non-hydrogen) atoms. The van der Waals surface area contributed by atoms with Crippen molar-refractivity contribution in [1.82, 2.24) is 5.32 Å². The van der Waals surface area contributed by atoms with Gasteiger partial charge in [-0.05, 0) is 43.4 Å². The predicted molar refractivity (Wildman–Crippen MR) is 66.8 cm³/mol. The van der Waals surface area contributed by atoms with Crippen LogP contribution in [0.1, 0.15) is 31.2 Å². The third kappa shape index (κ3) is 3.48. The van der Waals surface area contributed by atoms with Gasteiger partial charge in [0.1, 0.15) is 5.75 Å². The van der Waals surface area contributed by atoms with Crippen LogP contribution in [0, 0.1) is 5.92 Å². The fourth-order valence-corrected chi connectivity index (χ4v) is 2.03. The summed E-state index contributed by atoms with van der Waals surface area (Å²) in [5, 5.41) is 12.3. The van der Waals surface area contributed by atoms with E-state index in [0.717, 1.165) is 37.8 Å². The molecule has 1 saturated carbocycles. The van der Waals surface area contributed by atoms with Crippen LogP contribution >= 0.6 is 0 Å². The molecule has 2 N–H and O–H groups in total. The van der Waals surface area contributed by atoms with E-state index in [1.54, 1.807) is 12.1 Å². The number of amides is 1. The van der Waals surface area contributed by atoms with Gasteiger partial charge in [0.25, 0.3) is 0 Å². The number of hydrogen-bond acceptors (Lipinski definition) is 2. The van der Waals surface area contributed by atoms with E-state index in [1.165, 1.54) is 6.42 Å². The second-order valence-electron chi connectivity index (χ2n) is 4.69. The lowest BCUT2D eigenvalue weighted by molar-refractivity contribution is -0.127. The van der Waals surface area contributed by atoms with Gasteiger partial charge in [0, 0.05) is 12.5 Å². The number of carbonyl (C=O) groups excluding carboxylic acids is 1. The fourth-order valence-electron chi connectivity index (χ4n) is 2.03. The van der Waals surface area contributed by atoms with E-state index >= 15 is 0 Å². The summed E-state index contributed by atoms with van der Waals surface area (Å²) in [4.78, 5) is 11.5. The first kappa shape index (κ1) is 12.0. The Bertz CT molecular complexity index is 386. The van der Waals surface area contributed by atoms with Crippen LogP contribution in [0.4, 0.5) is 0 Å². The zero-order chi connectivity index (χ0) is 12.1. The van der Waals surface area contributed by atoms with Gasteiger partial charge in [-0.15, -0.1) is 0 Å². The van der Waals surface area contributed by atoms with E-state index in [2.05, 4.69) is 5.32 Å². The Morgan fingerprint density at radius 3 is 2.88 bits per heavy atom. The van der Waals surface area contributed by atoms with Gasteiger partial charge in [-0.2, -0.15) is 0 Å². The maximum Gasteiger partial charge on any atom is 0.223 e. The molecule has 3 heteroatoms. The van der Waals surface area contributed by atoms with Crippen LogP contribution in [-0.2, 0) is 11.2 Å². The van der Waals surface area contributed by atoms with Crippen molar-refractivity contribution in [2.45, 2.75) is 32.1 Å². The summed E-state index contributed by atoms with van der Waals surface area (Å²) < 4.78 is 0. The molecule has 0 saturated heterocycles. The van der Waals surface area contributed by atoms with Crippen LogP contribution in [0.15, 0.2) is 24.3 Å². The van der Waals surface area contributed by atoms with Crippen LogP contribution in [0.5, 0.6) is 5.75 Å². The molecule has 0 atom stereocenters. The van der Waals surface area contributed by atoms with Gasteiger partial charge < -0.3 is 10.4 Å². The minimum absolute atomic E-state index is 0.215. The summed E-state index contributed by atoms with van der Waals surface area (Å²) in [6.07, 6.45) is 5.11. The number of phenolic OH excluding ortho intramolecular Hbond substituents is 1. The number of phenols is 1. The van der Waals surface area contributed by atoms with Crippen molar-refractivity contribution >= 4 is 5.91 Å². The van der Waals surface area contributed by atoms with Gasteiger partial charge in [0.05, 0.1) is 0 Å². The van der Waals surface area contributed by atoms with Crippen molar-refractivity contribution in [3.63, 3.8) is 0 Å². The normalized spacial score (nSPS) is 15.3. The monoisotopic (exact) mass is 233 g/mol. The molecule has 1 aromatic carbocycles. The quantitative estimate of drug-likeness (QED) is 0.766. The zero-order valence-corrected chi connectivity index (χ0v) is 9.98. The number of rotatable bonds is 5. The SMILES string of the molecule is O=C(NCCCc1cccc(O)c1)C1CCC1. The molecule has 0 unspecified atom stereocenters. The Labute approximate surface area is 102 Å². The van der Waals surface area contributed by atoms with Crippen LogP contribution < -0.4 is 5.32 Å². The molecule has 2 rings (SSSR count). The molecule has 92 valence electrons. The molecule has 0 bridgehead atoms. The van der Waals surface area contributed by atoms with Gasteiger partial charge in [-0.3, -0.25) is 4.79 Å². The van der Waals surface area contributed by atoms with Gasteiger partial charge in [0.2, 0.25) is 5.91 Å². The molecule has 1 aliphatic carbocycles. The van der Waals surface area contributed by atoms with Gasteiger partial charge in [0.15, 0.2) is 0 Å². The summed E-state index contributed by atoms with van der Waals surface area (Å²) in [7, 11) is 0. The minimum atomic E-state index is 0.215. The topological polar surface area (TPSA) is 49.3 Å². The summed E-state index contributed by atoms with van der Waals surface area (Å²) in [5.41, 5.74) is 1.11. The van der Waals surface area contributed by atoms with Crippen LogP contribution in [0.25, 0.3) is 0 Å². The highest BCUT2D eigenvalue weighted by Gasteiger charge is 2.24. The maximum absolute atomic E-state index is 11.5. The molecule has 1 aliphatic rings. The number of nitrogens with one attached hydrogen (secondary N) is 1. The van der Waals surface area contributed by atoms with Gasteiger partial charge >= 0.3 is 0 Å². The van der Waals surface area contributed by atoms with Crippen molar-refractivity contribution in [2.24, 2.45) is 5.92 Å². The first-order chi connectivity index (χ1) is 8.25. The molecule has 0 aliphatic heterocycles. The maximum atomic E-state index is 11.5. The van der Waals surface area contributed by atoms with Crippen molar-refractivity contribution < 1.29 is 9.90 Å². The second-order valence-corrected chi connectivity index (χ2v) is 4.69. The van der Waals surface area contributed by atoms with E-state index in [4.69, 9.17) is 0 Å². The highest BCUT2D eigenvalue weighted by molar-refractivity contribution is 5.79. The van der Waals surface area contributed by atoms with Crippen molar-refractivity contribution in [3.05, 3.63) is 29.8 Å².